The van der Waals surface area contributed by atoms with E-state index < -0.39 is 0 Å². The van der Waals surface area contributed by atoms with E-state index in [9.17, 15) is 0 Å². The Kier molecular flexibility index (Phi) is 4.02. The van der Waals surface area contributed by atoms with Crippen molar-refractivity contribution in [2.24, 2.45) is 0 Å². The summed E-state index contributed by atoms with van der Waals surface area (Å²) in [7, 11) is 2.01. The van der Waals surface area contributed by atoms with E-state index in [1.165, 1.54) is 26.0 Å². The Morgan fingerprint density at radius 2 is 1.94 bits per heavy atom. The van der Waals surface area contributed by atoms with Crippen molar-refractivity contribution in [2.75, 3.05) is 7.05 Å². The van der Waals surface area contributed by atoms with Crippen LogP contribution in [0.5, 0.6) is 0 Å². The highest BCUT2D eigenvalue weighted by molar-refractivity contribution is 9.10. The van der Waals surface area contributed by atoms with Gasteiger partial charge in [0.2, 0.25) is 0 Å². The van der Waals surface area contributed by atoms with E-state index >= 15 is 0 Å². The number of thiophene rings is 1. The van der Waals surface area contributed by atoms with Crippen LogP contribution in [-0.4, -0.2) is 7.05 Å². The summed E-state index contributed by atoms with van der Waals surface area (Å²) in [5.74, 6) is 0. The van der Waals surface area contributed by atoms with Gasteiger partial charge in [-0.25, -0.2) is 0 Å². The van der Waals surface area contributed by atoms with E-state index in [1.54, 1.807) is 11.3 Å². The SMILES string of the molecule is CNC(c1ccc(C)cc1Br)c1ccsc1C. The maximum Gasteiger partial charge on any atom is 0.0596 e. The third-order valence-corrected chi connectivity index (χ3v) is 4.51. The monoisotopic (exact) mass is 309 g/mol. The summed E-state index contributed by atoms with van der Waals surface area (Å²) < 4.78 is 1.17. The van der Waals surface area contributed by atoms with Gasteiger partial charge in [-0.3, -0.25) is 0 Å². The van der Waals surface area contributed by atoms with Crippen molar-refractivity contribution in [3.63, 3.8) is 0 Å². The molecule has 0 spiro atoms. The lowest BCUT2D eigenvalue weighted by Gasteiger charge is -2.18. The smallest absolute Gasteiger partial charge is 0.0596 e. The Bertz CT molecular complexity index is 519. The van der Waals surface area contributed by atoms with Gasteiger partial charge in [-0.1, -0.05) is 28.1 Å². The number of rotatable bonds is 3. The number of nitrogens with one attached hydrogen (secondary N) is 1. The molecule has 0 saturated carbocycles. The van der Waals surface area contributed by atoms with Crippen LogP contribution in [-0.2, 0) is 0 Å². The highest BCUT2D eigenvalue weighted by atomic mass is 79.9. The van der Waals surface area contributed by atoms with Crippen molar-refractivity contribution >= 4 is 27.3 Å². The second-order valence-corrected chi connectivity index (χ2v) is 6.15. The van der Waals surface area contributed by atoms with Gasteiger partial charge in [0.25, 0.3) is 0 Å². The normalized spacial score (nSPS) is 12.7. The molecule has 1 aromatic carbocycles. The zero-order valence-electron chi connectivity index (χ0n) is 10.3. The van der Waals surface area contributed by atoms with Gasteiger partial charge in [-0.15, -0.1) is 11.3 Å². The van der Waals surface area contributed by atoms with Crippen molar-refractivity contribution in [3.8, 4) is 0 Å². The van der Waals surface area contributed by atoms with Gasteiger partial charge < -0.3 is 5.32 Å². The van der Waals surface area contributed by atoms with Crippen molar-refractivity contribution in [1.82, 2.24) is 5.32 Å². The predicted molar refractivity (Wildman–Crippen MR) is 78.8 cm³/mol. The Labute approximate surface area is 115 Å². The van der Waals surface area contributed by atoms with Crippen LogP contribution in [0.4, 0.5) is 0 Å². The second kappa shape index (κ2) is 5.34. The molecule has 0 aliphatic heterocycles. The first-order chi connectivity index (χ1) is 8.13. The van der Waals surface area contributed by atoms with Gasteiger partial charge in [0, 0.05) is 9.35 Å². The molecular weight excluding hydrogens is 294 g/mol. The molecule has 2 aromatic rings. The Morgan fingerprint density at radius 1 is 1.18 bits per heavy atom. The average Bonchev–Trinajstić information content (AvgIpc) is 2.69. The number of hydrogen-bond acceptors (Lipinski definition) is 2. The Morgan fingerprint density at radius 3 is 2.47 bits per heavy atom. The average molecular weight is 310 g/mol. The molecule has 1 atom stereocenters. The van der Waals surface area contributed by atoms with E-state index in [1.807, 2.05) is 7.05 Å². The molecule has 0 aliphatic carbocycles. The maximum absolute atomic E-state index is 3.66. The van der Waals surface area contributed by atoms with E-state index in [4.69, 9.17) is 0 Å². The minimum Gasteiger partial charge on any atom is -0.309 e. The molecule has 0 radical (unpaired) electrons. The van der Waals surface area contributed by atoms with Gasteiger partial charge in [-0.2, -0.15) is 0 Å². The van der Waals surface area contributed by atoms with Gasteiger partial charge in [0.05, 0.1) is 6.04 Å². The summed E-state index contributed by atoms with van der Waals surface area (Å²) in [5.41, 5.74) is 3.93. The molecule has 0 fully saturated rings. The summed E-state index contributed by atoms with van der Waals surface area (Å²) >= 11 is 5.46. The molecule has 0 saturated heterocycles. The first-order valence-electron chi connectivity index (χ1n) is 5.60. The van der Waals surface area contributed by atoms with Gasteiger partial charge in [0.1, 0.15) is 0 Å². The quantitative estimate of drug-likeness (QED) is 0.884. The second-order valence-electron chi connectivity index (χ2n) is 4.18. The standard InChI is InChI=1S/C14H16BrNS/c1-9-4-5-12(13(15)8-9)14(16-3)11-6-7-17-10(11)2/h4-8,14,16H,1-3H3. The van der Waals surface area contributed by atoms with E-state index in [0.717, 1.165) is 0 Å². The summed E-state index contributed by atoms with van der Waals surface area (Å²) in [6.07, 6.45) is 0. The molecule has 1 aromatic heterocycles. The molecule has 0 bridgehead atoms. The molecule has 2 rings (SSSR count). The third-order valence-electron chi connectivity index (χ3n) is 2.97. The van der Waals surface area contributed by atoms with Crippen LogP contribution in [0, 0.1) is 13.8 Å². The first kappa shape index (κ1) is 12.8. The fourth-order valence-corrected chi connectivity index (χ4v) is 3.50. The van der Waals surface area contributed by atoms with Crippen LogP contribution >= 0.6 is 27.3 Å². The third kappa shape index (κ3) is 2.62. The van der Waals surface area contributed by atoms with Crippen LogP contribution in [0.2, 0.25) is 0 Å². The zero-order chi connectivity index (χ0) is 12.4. The summed E-state index contributed by atoms with van der Waals surface area (Å²) in [5, 5.41) is 5.55. The molecule has 1 unspecified atom stereocenters. The Balaban J connectivity index is 2.46. The summed E-state index contributed by atoms with van der Waals surface area (Å²) in [6.45, 7) is 4.28. The largest absolute Gasteiger partial charge is 0.309 e. The van der Waals surface area contributed by atoms with Crippen molar-refractivity contribution in [3.05, 3.63) is 55.7 Å². The molecule has 0 amide bonds. The molecule has 3 heteroatoms. The van der Waals surface area contributed by atoms with Gasteiger partial charge in [-0.05, 0) is 55.1 Å². The lowest BCUT2D eigenvalue weighted by molar-refractivity contribution is 0.688. The molecule has 0 aliphatic rings. The number of aryl methyl sites for hydroxylation is 2. The minimum atomic E-state index is 0.260. The highest BCUT2D eigenvalue weighted by Gasteiger charge is 2.17. The molecule has 17 heavy (non-hydrogen) atoms. The minimum absolute atomic E-state index is 0.260. The van der Waals surface area contributed by atoms with Crippen LogP contribution in [0.3, 0.4) is 0 Å². The maximum atomic E-state index is 3.66. The molecule has 1 nitrogen and oxygen atoms in total. The fourth-order valence-electron chi connectivity index (χ4n) is 2.04. The molecule has 1 heterocycles. The lowest BCUT2D eigenvalue weighted by Crippen LogP contribution is -2.18. The highest BCUT2D eigenvalue weighted by Crippen LogP contribution is 2.32. The Hall–Kier alpha value is -0.640. The number of benzene rings is 1. The molecule has 90 valence electrons. The van der Waals surface area contributed by atoms with E-state index in [-0.39, 0.29) is 6.04 Å². The predicted octanol–water partition coefficient (Wildman–Crippen LogP) is 4.44. The summed E-state index contributed by atoms with van der Waals surface area (Å²) in [6, 6.07) is 8.98. The first-order valence-corrected chi connectivity index (χ1v) is 7.28. The van der Waals surface area contributed by atoms with Gasteiger partial charge >= 0.3 is 0 Å². The van der Waals surface area contributed by atoms with Crippen LogP contribution < -0.4 is 5.32 Å². The lowest BCUT2D eigenvalue weighted by atomic mass is 9.99. The van der Waals surface area contributed by atoms with Crippen molar-refractivity contribution in [2.45, 2.75) is 19.9 Å². The summed E-state index contributed by atoms with van der Waals surface area (Å²) in [4.78, 5) is 1.37. The number of halogens is 1. The van der Waals surface area contributed by atoms with Crippen LogP contribution in [0.25, 0.3) is 0 Å². The van der Waals surface area contributed by atoms with Gasteiger partial charge in [0.15, 0.2) is 0 Å². The van der Waals surface area contributed by atoms with Crippen molar-refractivity contribution in [1.29, 1.82) is 0 Å². The van der Waals surface area contributed by atoms with Crippen LogP contribution in [0.15, 0.2) is 34.1 Å². The fraction of sp³-hybridized carbons (Fsp3) is 0.286. The van der Waals surface area contributed by atoms with E-state index in [2.05, 4.69) is 64.7 Å². The topological polar surface area (TPSA) is 12.0 Å². The van der Waals surface area contributed by atoms with E-state index in [0.29, 0.717) is 0 Å². The van der Waals surface area contributed by atoms with Crippen molar-refractivity contribution < 1.29 is 0 Å². The van der Waals surface area contributed by atoms with Crippen LogP contribution in [0.1, 0.15) is 27.6 Å². The number of hydrogen-bond donors (Lipinski definition) is 1. The molecular formula is C14H16BrNS. The zero-order valence-corrected chi connectivity index (χ0v) is 12.7. The molecule has 1 N–H and O–H groups in total.